The van der Waals surface area contributed by atoms with E-state index >= 15 is 0 Å². The van der Waals surface area contributed by atoms with Gasteiger partial charge in [-0.25, -0.2) is 0 Å². The standard InChI is InChI=1S/C30H35ClN6O4/c1-30(12-3-13-30)29(41)37-14-10-19(11-15-37)33-16-24(27(31)32)34-21-6-7-22(26-18(17-38)4-2-5-20(21)26)35-23-8-9-25(39)36-28(23)40/h2,4-7,16-17,19,23,32-35H,3,8-15H2,1H3,(H,36,39,40)/b24-16+,32-27?. The lowest BCUT2D eigenvalue weighted by Crippen LogP contribution is -2.51. The fraction of sp³-hybridized carbons (Fsp3) is 0.433. The first-order valence-electron chi connectivity index (χ1n) is 14.1. The van der Waals surface area contributed by atoms with Crippen molar-refractivity contribution in [1.82, 2.24) is 15.5 Å². The average Bonchev–Trinajstić information content (AvgIpc) is 2.95. The van der Waals surface area contributed by atoms with E-state index in [1.807, 2.05) is 11.0 Å². The normalized spacial score (nSPS) is 21.1. The summed E-state index contributed by atoms with van der Waals surface area (Å²) in [6, 6.07) is 8.39. The lowest BCUT2D eigenvalue weighted by Gasteiger charge is -2.43. The quantitative estimate of drug-likeness (QED) is 0.171. The highest BCUT2D eigenvalue weighted by molar-refractivity contribution is 6.69. The van der Waals surface area contributed by atoms with Gasteiger partial charge in [-0.2, -0.15) is 0 Å². The van der Waals surface area contributed by atoms with E-state index in [4.69, 9.17) is 17.0 Å². The summed E-state index contributed by atoms with van der Waals surface area (Å²) in [6.45, 7) is 3.46. The van der Waals surface area contributed by atoms with Gasteiger partial charge >= 0.3 is 0 Å². The van der Waals surface area contributed by atoms with Crippen LogP contribution in [0.3, 0.4) is 0 Å². The Bertz CT molecular complexity index is 1430. The van der Waals surface area contributed by atoms with Crippen LogP contribution in [0.15, 0.2) is 42.2 Å². The Morgan fingerprint density at radius 3 is 2.49 bits per heavy atom. The number of rotatable bonds is 9. The molecule has 10 nitrogen and oxygen atoms in total. The zero-order chi connectivity index (χ0) is 29.1. The second-order valence-corrected chi connectivity index (χ2v) is 11.7. The molecule has 11 heteroatoms. The van der Waals surface area contributed by atoms with Gasteiger partial charge in [-0.1, -0.05) is 43.1 Å². The predicted molar refractivity (Wildman–Crippen MR) is 159 cm³/mol. The summed E-state index contributed by atoms with van der Waals surface area (Å²) in [5.41, 5.74) is 1.82. The Morgan fingerprint density at radius 2 is 1.85 bits per heavy atom. The number of nitrogens with zero attached hydrogens (tertiary/aromatic N) is 1. The summed E-state index contributed by atoms with van der Waals surface area (Å²) >= 11 is 6.17. The molecule has 0 radical (unpaired) electrons. The molecule has 5 rings (SSSR count). The lowest BCUT2D eigenvalue weighted by molar-refractivity contribution is -0.147. The number of amides is 3. The number of allylic oxidation sites excluding steroid dienone is 1. The highest BCUT2D eigenvalue weighted by atomic mass is 35.5. The molecule has 1 aliphatic carbocycles. The Balaban J connectivity index is 1.31. The third-order valence-corrected chi connectivity index (χ3v) is 8.70. The predicted octanol–water partition coefficient (Wildman–Crippen LogP) is 4.11. The molecular weight excluding hydrogens is 544 g/mol. The number of imide groups is 1. The van der Waals surface area contributed by atoms with Crippen LogP contribution in [0.2, 0.25) is 0 Å². The van der Waals surface area contributed by atoms with Gasteiger partial charge in [0.2, 0.25) is 17.7 Å². The van der Waals surface area contributed by atoms with Crippen molar-refractivity contribution in [3.63, 3.8) is 0 Å². The van der Waals surface area contributed by atoms with Gasteiger partial charge in [0, 0.05) is 64.9 Å². The number of hydrogen-bond acceptors (Lipinski definition) is 8. The van der Waals surface area contributed by atoms with E-state index in [1.165, 1.54) is 0 Å². The van der Waals surface area contributed by atoms with Crippen LogP contribution in [-0.2, 0) is 14.4 Å². The second-order valence-electron chi connectivity index (χ2n) is 11.3. The number of benzene rings is 2. The molecule has 0 bridgehead atoms. The van der Waals surface area contributed by atoms with Gasteiger partial charge in [-0.15, -0.1) is 0 Å². The summed E-state index contributed by atoms with van der Waals surface area (Å²) in [5, 5.41) is 21.4. The SMILES string of the molecule is CC1(C(=O)N2CCC(N/C=C(/Nc3ccc(NC4CCC(=O)NC4=O)c4c(C=O)cccc34)C(=N)Cl)CC2)CCC1. The second kappa shape index (κ2) is 11.9. The maximum atomic E-state index is 12.9. The molecule has 3 amide bonds. The number of anilines is 2. The minimum Gasteiger partial charge on any atom is -0.386 e. The molecule has 2 saturated heterocycles. The van der Waals surface area contributed by atoms with Gasteiger partial charge in [-0.05, 0) is 44.2 Å². The molecule has 0 aromatic heterocycles. The maximum Gasteiger partial charge on any atom is 0.249 e. The number of carbonyl (C=O) groups excluding carboxylic acids is 4. The molecule has 2 aliphatic heterocycles. The number of nitrogens with one attached hydrogen (secondary N) is 5. The average molecular weight is 579 g/mol. The molecule has 2 aromatic carbocycles. The van der Waals surface area contributed by atoms with Crippen molar-refractivity contribution in [2.45, 2.75) is 64.0 Å². The summed E-state index contributed by atoms with van der Waals surface area (Å²) in [6.07, 6.45) is 7.69. The number of carbonyl (C=O) groups is 4. The minimum atomic E-state index is -0.608. The fourth-order valence-corrected chi connectivity index (χ4v) is 5.94. The van der Waals surface area contributed by atoms with Crippen LogP contribution in [0.25, 0.3) is 10.8 Å². The molecule has 2 heterocycles. The molecular formula is C30H35ClN6O4. The number of likely N-dealkylation sites (tertiary alicyclic amines) is 1. The molecule has 41 heavy (non-hydrogen) atoms. The number of aldehydes is 1. The first-order valence-corrected chi connectivity index (χ1v) is 14.4. The van der Waals surface area contributed by atoms with Crippen molar-refractivity contribution < 1.29 is 19.2 Å². The van der Waals surface area contributed by atoms with Crippen molar-refractivity contribution in [3.8, 4) is 0 Å². The molecule has 0 spiro atoms. The van der Waals surface area contributed by atoms with E-state index in [1.54, 1.807) is 30.5 Å². The lowest BCUT2D eigenvalue weighted by atomic mass is 9.69. The van der Waals surface area contributed by atoms with E-state index in [2.05, 4.69) is 28.2 Å². The van der Waals surface area contributed by atoms with Crippen LogP contribution in [0.5, 0.6) is 0 Å². The van der Waals surface area contributed by atoms with Gasteiger partial charge in [0.15, 0.2) is 6.29 Å². The van der Waals surface area contributed by atoms with E-state index in [0.29, 0.717) is 52.9 Å². The van der Waals surface area contributed by atoms with Crippen LogP contribution < -0.4 is 21.3 Å². The van der Waals surface area contributed by atoms with E-state index in [0.717, 1.165) is 38.4 Å². The third kappa shape index (κ3) is 6.07. The summed E-state index contributed by atoms with van der Waals surface area (Å²) < 4.78 is 0. The van der Waals surface area contributed by atoms with Crippen molar-refractivity contribution in [3.05, 3.63) is 47.8 Å². The topological polar surface area (TPSA) is 143 Å². The minimum absolute atomic E-state index is 0.138. The highest BCUT2D eigenvalue weighted by Crippen LogP contribution is 2.42. The molecule has 1 atom stereocenters. The van der Waals surface area contributed by atoms with Crippen LogP contribution >= 0.6 is 11.6 Å². The number of halogens is 1. The van der Waals surface area contributed by atoms with E-state index in [9.17, 15) is 19.2 Å². The van der Waals surface area contributed by atoms with Gasteiger partial charge in [0.05, 0.1) is 5.70 Å². The summed E-state index contributed by atoms with van der Waals surface area (Å²) in [4.78, 5) is 50.7. The smallest absolute Gasteiger partial charge is 0.249 e. The number of piperidine rings is 2. The Labute approximate surface area is 243 Å². The highest BCUT2D eigenvalue weighted by Gasteiger charge is 2.42. The first kappa shape index (κ1) is 28.6. The molecule has 1 saturated carbocycles. The van der Waals surface area contributed by atoms with Gasteiger partial charge in [0.25, 0.3) is 0 Å². The van der Waals surface area contributed by atoms with Gasteiger partial charge in [-0.3, -0.25) is 29.9 Å². The monoisotopic (exact) mass is 578 g/mol. The van der Waals surface area contributed by atoms with Crippen LogP contribution in [0.4, 0.5) is 11.4 Å². The zero-order valence-electron chi connectivity index (χ0n) is 23.0. The number of hydrogen-bond donors (Lipinski definition) is 5. The van der Waals surface area contributed by atoms with Gasteiger partial charge < -0.3 is 20.9 Å². The van der Waals surface area contributed by atoms with Crippen LogP contribution in [0, 0.1) is 10.8 Å². The first-order chi connectivity index (χ1) is 19.7. The maximum absolute atomic E-state index is 12.9. The molecule has 3 aliphatic rings. The summed E-state index contributed by atoms with van der Waals surface area (Å²) in [7, 11) is 0. The third-order valence-electron chi connectivity index (χ3n) is 8.49. The molecule has 3 fully saturated rings. The van der Waals surface area contributed by atoms with Crippen LogP contribution in [0.1, 0.15) is 62.2 Å². The number of fused-ring (bicyclic) bond motifs is 1. The Hall–Kier alpha value is -3.92. The van der Waals surface area contributed by atoms with Crippen molar-refractivity contribution in [1.29, 1.82) is 5.41 Å². The Kier molecular flexibility index (Phi) is 8.30. The molecule has 216 valence electrons. The van der Waals surface area contributed by atoms with Crippen LogP contribution in [-0.4, -0.2) is 59.3 Å². The largest absolute Gasteiger partial charge is 0.386 e. The molecule has 2 aromatic rings. The molecule has 5 N–H and O–H groups in total. The summed E-state index contributed by atoms with van der Waals surface area (Å²) in [5.74, 6) is -0.441. The van der Waals surface area contributed by atoms with Crippen molar-refractivity contribution in [2.75, 3.05) is 23.7 Å². The van der Waals surface area contributed by atoms with Gasteiger partial charge in [0.1, 0.15) is 11.2 Å². The molecule has 1 unspecified atom stereocenters. The zero-order valence-corrected chi connectivity index (χ0v) is 23.8. The van der Waals surface area contributed by atoms with E-state index < -0.39 is 11.9 Å². The van der Waals surface area contributed by atoms with E-state index in [-0.39, 0.29) is 34.9 Å². The van der Waals surface area contributed by atoms with Crippen molar-refractivity contribution in [2.24, 2.45) is 5.41 Å². The fourth-order valence-electron chi connectivity index (χ4n) is 5.83. The Morgan fingerprint density at radius 1 is 1.12 bits per heavy atom. The van der Waals surface area contributed by atoms with Crippen molar-refractivity contribution >= 4 is 62.9 Å².